The first kappa shape index (κ1) is 33.9. The van der Waals surface area contributed by atoms with E-state index in [0.29, 0.717) is 37.5 Å². The molecule has 2 saturated heterocycles. The average molecular weight is 615 g/mol. The number of cyclic esters (lactones) is 1. The zero-order valence-electron chi connectivity index (χ0n) is 27.2. The molecule has 0 spiro atoms. The number of aliphatic hydroxyl groups excluding tert-OH is 1. The predicted molar refractivity (Wildman–Crippen MR) is 171 cm³/mol. The summed E-state index contributed by atoms with van der Waals surface area (Å²) in [6.45, 7) is 10.4. The van der Waals surface area contributed by atoms with E-state index in [-0.39, 0.29) is 30.2 Å². The first-order valence-corrected chi connectivity index (χ1v) is 16.0. The first-order chi connectivity index (χ1) is 20.9. The van der Waals surface area contributed by atoms with Crippen molar-refractivity contribution in [2.45, 2.75) is 70.8 Å². The lowest BCUT2D eigenvalue weighted by molar-refractivity contribution is -0.151. The minimum atomic E-state index is -0.861. The van der Waals surface area contributed by atoms with Crippen LogP contribution in [-0.4, -0.2) is 117 Å². The van der Waals surface area contributed by atoms with Gasteiger partial charge in [0.05, 0.1) is 12.5 Å². The zero-order chi connectivity index (χ0) is 32.0. The smallest absolute Gasteiger partial charge is 0.410 e. The van der Waals surface area contributed by atoms with E-state index in [1.54, 1.807) is 11.0 Å². The van der Waals surface area contributed by atoms with E-state index in [1.807, 2.05) is 52.1 Å². The molecule has 6 atom stereocenters. The van der Waals surface area contributed by atoms with Crippen LogP contribution in [0.1, 0.15) is 52.0 Å². The largest absolute Gasteiger partial charge is 0.457 e. The fourth-order valence-corrected chi connectivity index (χ4v) is 6.23. The van der Waals surface area contributed by atoms with Gasteiger partial charge in [0, 0.05) is 56.9 Å². The van der Waals surface area contributed by atoms with Gasteiger partial charge in [-0.15, -0.1) is 0 Å². The Labute approximate surface area is 262 Å². The molecule has 2 fully saturated rings. The van der Waals surface area contributed by atoms with Gasteiger partial charge in [-0.2, -0.15) is 0 Å². The Kier molecular flexibility index (Phi) is 11.8. The molecule has 9 nitrogen and oxygen atoms in total. The van der Waals surface area contributed by atoms with Gasteiger partial charge >= 0.3 is 12.1 Å². The highest BCUT2D eigenvalue weighted by Crippen LogP contribution is 2.29. The van der Waals surface area contributed by atoms with Gasteiger partial charge < -0.3 is 34.2 Å². The van der Waals surface area contributed by atoms with E-state index in [9.17, 15) is 19.1 Å². The fourth-order valence-electron chi connectivity index (χ4n) is 6.23. The van der Waals surface area contributed by atoms with Crippen LogP contribution in [0.25, 0.3) is 6.08 Å². The number of esters is 1. The van der Waals surface area contributed by atoms with Gasteiger partial charge in [0.25, 0.3) is 0 Å². The van der Waals surface area contributed by atoms with Gasteiger partial charge in [-0.1, -0.05) is 26.0 Å². The van der Waals surface area contributed by atoms with Gasteiger partial charge in [-0.3, -0.25) is 4.79 Å². The second-order valence-corrected chi connectivity index (χ2v) is 13.2. The number of aliphatic hydroxyl groups is 1. The van der Waals surface area contributed by atoms with E-state index >= 15 is 0 Å². The lowest BCUT2D eigenvalue weighted by Gasteiger charge is -2.33. The number of halogens is 1. The highest BCUT2D eigenvalue weighted by Gasteiger charge is 2.29. The third kappa shape index (κ3) is 9.28. The Morgan fingerprint density at radius 3 is 2.48 bits per heavy atom. The quantitative estimate of drug-likeness (QED) is 0.386. The number of hydrogen-bond acceptors (Lipinski definition) is 8. The van der Waals surface area contributed by atoms with E-state index in [2.05, 4.69) is 28.8 Å². The molecule has 0 aromatic heterocycles. The molecule has 4 rings (SSSR count). The number of amides is 1. The SMILES string of the molecule is C/C(=C\c1cc(F)cc(N2CC[C@H](N(C)C)C2)c1)[C@H]1OC(=O)C[C@H](O)CC[C@H](C)[C@@H](OC(=O)N2CCN(C)CC2)/C=C\[C@@H]1C. The number of hydrogen-bond donors (Lipinski definition) is 1. The molecule has 0 aliphatic carbocycles. The molecule has 1 aromatic carbocycles. The lowest BCUT2D eigenvalue weighted by Crippen LogP contribution is -2.48. The minimum absolute atomic E-state index is 0.0570. The number of benzene rings is 1. The van der Waals surface area contributed by atoms with Gasteiger partial charge in [0.2, 0.25) is 0 Å². The number of likely N-dealkylation sites (N-methyl/N-ethyl adjacent to an activating group) is 2. The third-order valence-corrected chi connectivity index (χ3v) is 9.26. The Bertz CT molecular complexity index is 1200. The van der Waals surface area contributed by atoms with Crippen LogP contribution in [0.15, 0.2) is 35.9 Å². The Balaban J connectivity index is 1.55. The van der Waals surface area contributed by atoms with Crippen LogP contribution in [0.3, 0.4) is 0 Å². The lowest BCUT2D eigenvalue weighted by atomic mass is 9.91. The summed E-state index contributed by atoms with van der Waals surface area (Å²) >= 11 is 0. The van der Waals surface area contributed by atoms with E-state index in [1.165, 1.54) is 6.07 Å². The van der Waals surface area contributed by atoms with E-state index in [4.69, 9.17) is 9.47 Å². The molecule has 3 aliphatic heterocycles. The molecule has 1 amide bonds. The molecule has 3 heterocycles. The van der Waals surface area contributed by atoms with Crippen molar-refractivity contribution >= 4 is 23.8 Å². The summed E-state index contributed by atoms with van der Waals surface area (Å²) < 4.78 is 26.8. The van der Waals surface area contributed by atoms with Crippen LogP contribution in [0.4, 0.5) is 14.9 Å². The molecule has 244 valence electrons. The Morgan fingerprint density at radius 1 is 1.07 bits per heavy atom. The minimum Gasteiger partial charge on any atom is -0.457 e. The third-order valence-electron chi connectivity index (χ3n) is 9.26. The standard InChI is InChI=1S/C34H51FN4O5/c1-23-7-9-30(40)21-32(41)44-33(24(2)8-10-31(23)43-34(42)38-15-13-37(6)14-16-38)25(3)17-26-18-27(35)20-29(19-26)39-12-11-28(22-39)36(4)5/h8,10,17-20,23-24,28,30-31,33,40H,7,9,11-16,21-22H2,1-6H3/b10-8-,25-17+/t23-,24-,28-,30+,31-,33-/m0/s1. The van der Waals surface area contributed by atoms with Crippen molar-refractivity contribution in [2.75, 3.05) is 65.3 Å². The topological polar surface area (TPSA) is 85.8 Å². The van der Waals surface area contributed by atoms with Crippen molar-refractivity contribution in [1.29, 1.82) is 0 Å². The van der Waals surface area contributed by atoms with Crippen molar-refractivity contribution in [1.82, 2.24) is 14.7 Å². The van der Waals surface area contributed by atoms with Crippen LogP contribution in [0, 0.1) is 17.7 Å². The van der Waals surface area contributed by atoms with Crippen LogP contribution in [-0.2, 0) is 14.3 Å². The average Bonchev–Trinajstić information content (AvgIpc) is 3.47. The number of rotatable bonds is 5. The summed E-state index contributed by atoms with van der Waals surface area (Å²) in [5.74, 6) is -1.12. The van der Waals surface area contributed by atoms with Gasteiger partial charge in [0.15, 0.2) is 0 Å². The second-order valence-electron chi connectivity index (χ2n) is 13.2. The van der Waals surface area contributed by atoms with Gasteiger partial charge in [-0.25, -0.2) is 9.18 Å². The summed E-state index contributed by atoms with van der Waals surface area (Å²) in [6, 6.07) is 5.45. The zero-order valence-corrected chi connectivity index (χ0v) is 27.2. The van der Waals surface area contributed by atoms with Gasteiger partial charge in [-0.05, 0) is 88.7 Å². The molecule has 1 N–H and O–H groups in total. The van der Waals surface area contributed by atoms with Crippen LogP contribution in [0.5, 0.6) is 0 Å². The molecular formula is C34H51FN4O5. The number of anilines is 1. The normalized spacial score (nSPS) is 30.5. The molecule has 0 unspecified atom stereocenters. The summed E-state index contributed by atoms with van der Waals surface area (Å²) in [4.78, 5) is 34.3. The highest BCUT2D eigenvalue weighted by molar-refractivity contribution is 5.71. The van der Waals surface area contributed by atoms with Crippen LogP contribution >= 0.6 is 0 Å². The van der Waals surface area contributed by atoms with Gasteiger partial charge in [0.1, 0.15) is 18.0 Å². The number of piperazine rings is 1. The maximum absolute atomic E-state index is 14.8. The monoisotopic (exact) mass is 614 g/mol. The highest BCUT2D eigenvalue weighted by atomic mass is 19.1. The van der Waals surface area contributed by atoms with Crippen molar-refractivity contribution in [3.8, 4) is 0 Å². The molecule has 0 bridgehead atoms. The number of carbonyl (C=O) groups excluding carboxylic acids is 2. The van der Waals surface area contributed by atoms with Crippen molar-refractivity contribution in [3.05, 3.63) is 47.3 Å². The maximum Gasteiger partial charge on any atom is 0.410 e. The number of ether oxygens (including phenoxy) is 2. The molecule has 0 radical (unpaired) electrons. The summed E-state index contributed by atoms with van der Waals surface area (Å²) in [5.41, 5.74) is 2.28. The van der Waals surface area contributed by atoms with Crippen molar-refractivity contribution in [2.24, 2.45) is 11.8 Å². The van der Waals surface area contributed by atoms with Crippen LogP contribution in [0.2, 0.25) is 0 Å². The number of nitrogens with zero attached hydrogens (tertiary/aromatic N) is 4. The Morgan fingerprint density at radius 2 is 1.80 bits per heavy atom. The molecule has 10 heteroatoms. The molecular weight excluding hydrogens is 563 g/mol. The molecule has 1 aromatic rings. The van der Waals surface area contributed by atoms with Crippen LogP contribution < -0.4 is 4.90 Å². The summed E-state index contributed by atoms with van der Waals surface area (Å²) in [6.07, 6.45) is 5.23. The predicted octanol–water partition coefficient (Wildman–Crippen LogP) is 4.41. The van der Waals surface area contributed by atoms with E-state index < -0.39 is 24.3 Å². The second kappa shape index (κ2) is 15.4. The van der Waals surface area contributed by atoms with E-state index in [0.717, 1.165) is 43.9 Å². The Hall–Kier alpha value is -2.95. The molecule has 0 saturated carbocycles. The number of carbonyl (C=O) groups is 2. The van der Waals surface area contributed by atoms with Crippen molar-refractivity contribution in [3.63, 3.8) is 0 Å². The molecule has 3 aliphatic rings. The molecule has 44 heavy (non-hydrogen) atoms. The summed E-state index contributed by atoms with van der Waals surface area (Å²) in [7, 11) is 6.17. The summed E-state index contributed by atoms with van der Waals surface area (Å²) in [5, 5.41) is 10.6. The fraction of sp³-hybridized carbons (Fsp3) is 0.647. The first-order valence-electron chi connectivity index (χ1n) is 16.0. The maximum atomic E-state index is 14.8. The van der Waals surface area contributed by atoms with Crippen molar-refractivity contribution < 1.29 is 28.6 Å².